The minimum Gasteiger partial charge on any atom is -0.384 e. The lowest BCUT2D eigenvalue weighted by Crippen LogP contribution is -2.37. The smallest absolute Gasteiger partial charge is 0.227 e. The highest BCUT2D eigenvalue weighted by Crippen LogP contribution is 2.27. The van der Waals surface area contributed by atoms with Crippen LogP contribution in [0, 0.1) is 11.8 Å². The number of rotatable bonds is 7. The van der Waals surface area contributed by atoms with Crippen molar-refractivity contribution in [3.8, 4) is 0 Å². The van der Waals surface area contributed by atoms with Crippen LogP contribution in [0.3, 0.4) is 0 Å². The van der Waals surface area contributed by atoms with Crippen LogP contribution in [0.4, 0.5) is 0 Å². The summed E-state index contributed by atoms with van der Waals surface area (Å²) in [6, 6.07) is 0. The maximum absolute atomic E-state index is 12.2. The van der Waals surface area contributed by atoms with Crippen LogP contribution in [0.2, 0.25) is 0 Å². The highest BCUT2D eigenvalue weighted by molar-refractivity contribution is 7.90. The van der Waals surface area contributed by atoms with Gasteiger partial charge in [-0.05, 0) is 44.1 Å². The van der Waals surface area contributed by atoms with E-state index in [-0.39, 0.29) is 5.16 Å². The topological polar surface area (TPSA) is 64.4 Å². The second-order valence-corrected chi connectivity index (χ2v) is 10.0. The lowest BCUT2D eigenvalue weighted by atomic mass is 9.89. The first-order valence-corrected chi connectivity index (χ1v) is 11.8. The maximum atomic E-state index is 12.2. The zero-order chi connectivity index (χ0) is 18.6. The van der Waals surface area contributed by atoms with Crippen molar-refractivity contribution in [3.05, 3.63) is 11.9 Å². The number of hydrogen-bond donors (Lipinski definition) is 0. The van der Waals surface area contributed by atoms with Gasteiger partial charge in [-0.2, -0.15) is 0 Å². The van der Waals surface area contributed by atoms with Gasteiger partial charge >= 0.3 is 0 Å². The summed E-state index contributed by atoms with van der Waals surface area (Å²) in [5.74, 6) is 1.14. The Morgan fingerprint density at radius 3 is 2.58 bits per heavy atom. The number of methoxy groups -OCH3 is 1. The molecule has 0 spiro atoms. The van der Waals surface area contributed by atoms with E-state index >= 15 is 0 Å². The second kappa shape index (κ2) is 8.85. The summed E-state index contributed by atoms with van der Waals surface area (Å²) < 4.78 is 31.8. The minimum atomic E-state index is -3.31. The molecule has 26 heavy (non-hydrogen) atoms. The zero-order valence-corrected chi connectivity index (χ0v) is 17.0. The fraction of sp³-hybridized carbons (Fsp3) is 0.842. The van der Waals surface area contributed by atoms with Crippen molar-refractivity contribution in [1.82, 2.24) is 14.5 Å². The first-order valence-electron chi connectivity index (χ1n) is 9.93. The molecule has 0 bridgehead atoms. The van der Waals surface area contributed by atoms with Gasteiger partial charge in [0.15, 0.2) is 0 Å². The third-order valence-electron chi connectivity index (χ3n) is 5.79. The zero-order valence-electron chi connectivity index (χ0n) is 16.2. The first kappa shape index (κ1) is 19.8. The number of ether oxygens (including phenoxy) is 1. The number of imidazole rings is 1. The van der Waals surface area contributed by atoms with Gasteiger partial charge in [-0.3, -0.25) is 4.90 Å². The molecule has 0 unspecified atom stereocenters. The molecule has 0 radical (unpaired) electrons. The van der Waals surface area contributed by atoms with Crippen LogP contribution in [0.15, 0.2) is 11.4 Å². The molecular formula is C19H33N3O3S. The van der Waals surface area contributed by atoms with Crippen LogP contribution in [0.25, 0.3) is 0 Å². The summed E-state index contributed by atoms with van der Waals surface area (Å²) in [6.45, 7) is 4.43. The van der Waals surface area contributed by atoms with Crippen molar-refractivity contribution in [2.75, 3.05) is 33.1 Å². The van der Waals surface area contributed by atoms with Gasteiger partial charge in [-0.15, -0.1) is 0 Å². The standard InChI is InChI=1S/C19H33N3O3S/c1-25-15-17-9-6-10-21(12-17)14-18-11-20-19(26(2,23)24)22(18)13-16-7-4-3-5-8-16/h11,16-17H,3-10,12-15H2,1-2H3/t17-/m1/s1. The Labute approximate surface area is 157 Å². The fourth-order valence-electron chi connectivity index (χ4n) is 4.53. The monoisotopic (exact) mass is 383 g/mol. The summed E-state index contributed by atoms with van der Waals surface area (Å²) >= 11 is 0. The molecule has 1 atom stereocenters. The normalized spacial score (nSPS) is 23.4. The largest absolute Gasteiger partial charge is 0.384 e. The van der Waals surface area contributed by atoms with E-state index in [2.05, 4.69) is 9.88 Å². The molecule has 0 amide bonds. The second-order valence-electron chi connectivity index (χ2n) is 8.12. The van der Waals surface area contributed by atoms with E-state index in [9.17, 15) is 8.42 Å². The maximum Gasteiger partial charge on any atom is 0.227 e. The molecule has 1 aliphatic carbocycles. The third-order valence-corrected chi connectivity index (χ3v) is 6.78. The quantitative estimate of drug-likeness (QED) is 0.724. The van der Waals surface area contributed by atoms with E-state index in [0.29, 0.717) is 11.8 Å². The molecule has 1 aliphatic heterocycles. The van der Waals surface area contributed by atoms with Crippen molar-refractivity contribution >= 4 is 9.84 Å². The van der Waals surface area contributed by atoms with Crippen LogP contribution >= 0.6 is 0 Å². The average Bonchev–Trinajstić information content (AvgIpc) is 2.99. The van der Waals surface area contributed by atoms with Gasteiger partial charge in [-0.25, -0.2) is 13.4 Å². The van der Waals surface area contributed by atoms with Crippen molar-refractivity contribution < 1.29 is 13.2 Å². The van der Waals surface area contributed by atoms with Gasteiger partial charge < -0.3 is 9.30 Å². The Morgan fingerprint density at radius 2 is 1.88 bits per heavy atom. The molecule has 148 valence electrons. The van der Waals surface area contributed by atoms with E-state index in [1.54, 1.807) is 13.3 Å². The number of piperidine rings is 1. The van der Waals surface area contributed by atoms with Gasteiger partial charge in [0, 0.05) is 33.0 Å². The molecule has 2 heterocycles. The van der Waals surface area contributed by atoms with Crippen LogP contribution in [-0.2, 0) is 27.7 Å². The van der Waals surface area contributed by atoms with Gasteiger partial charge in [0.1, 0.15) is 0 Å². The molecule has 0 N–H and O–H groups in total. The molecular weight excluding hydrogens is 350 g/mol. The Hall–Kier alpha value is -0.920. The Bertz CT molecular complexity index is 678. The van der Waals surface area contributed by atoms with Gasteiger partial charge in [0.2, 0.25) is 15.0 Å². The lowest BCUT2D eigenvalue weighted by molar-refractivity contribution is 0.0859. The van der Waals surface area contributed by atoms with Crippen LogP contribution in [0.5, 0.6) is 0 Å². The Balaban J connectivity index is 1.76. The fourth-order valence-corrected chi connectivity index (χ4v) is 5.37. The van der Waals surface area contributed by atoms with E-state index in [0.717, 1.165) is 38.5 Å². The summed E-state index contributed by atoms with van der Waals surface area (Å²) in [7, 11) is -1.55. The van der Waals surface area contributed by atoms with E-state index in [4.69, 9.17) is 4.74 Å². The van der Waals surface area contributed by atoms with Gasteiger partial charge in [-0.1, -0.05) is 19.3 Å². The molecule has 0 aromatic carbocycles. The minimum absolute atomic E-state index is 0.239. The predicted octanol–water partition coefficient (Wildman–Crippen LogP) is 2.73. The van der Waals surface area contributed by atoms with Crippen molar-refractivity contribution in [1.29, 1.82) is 0 Å². The van der Waals surface area contributed by atoms with Crippen molar-refractivity contribution in [3.63, 3.8) is 0 Å². The van der Waals surface area contributed by atoms with Crippen LogP contribution in [-0.4, -0.2) is 55.9 Å². The predicted molar refractivity (Wildman–Crippen MR) is 102 cm³/mol. The molecule has 3 rings (SSSR count). The molecule has 1 aromatic rings. The van der Waals surface area contributed by atoms with E-state index in [1.165, 1.54) is 51.2 Å². The summed E-state index contributed by atoms with van der Waals surface area (Å²) in [5, 5.41) is 0.239. The molecule has 1 aromatic heterocycles. The number of nitrogens with zero attached hydrogens (tertiary/aromatic N) is 3. The van der Waals surface area contributed by atoms with E-state index < -0.39 is 9.84 Å². The lowest BCUT2D eigenvalue weighted by Gasteiger charge is -2.32. The number of likely N-dealkylation sites (tertiary alicyclic amines) is 1. The first-order chi connectivity index (χ1) is 12.5. The number of aromatic nitrogens is 2. The summed E-state index contributed by atoms with van der Waals surface area (Å²) in [5.41, 5.74) is 1.04. The number of hydrogen-bond acceptors (Lipinski definition) is 5. The SMILES string of the molecule is COC[C@@H]1CCCN(Cc2cnc(S(C)(=O)=O)n2CC2CCCCC2)C1. The highest BCUT2D eigenvalue weighted by Gasteiger charge is 2.25. The van der Waals surface area contributed by atoms with E-state index in [1.807, 2.05) is 4.57 Å². The van der Waals surface area contributed by atoms with Crippen molar-refractivity contribution in [2.45, 2.75) is 63.2 Å². The summed E-state index contributed by atoms with van der Waals surface area (Å²) in [4.78, 5) is 6.72. The van der Waals surface area contributed by atoms with Gasteiger partial charge in [0.25, 0.3) is 0 Å². The van der Waals surface area contributed by atoms with Crippen LogP contribution in [0.1, 0.15) is 50.6 Å². The van der Waals surface area contributed by atoms with Crippen LogP contribution < -0.4 is 0 Å². The number of sulfone groups is 1. The molecule has 1 saturated carbocycles. The average molecular weight is 384 g/mol. The summed E-state index contributed by atoms with van der Waals surface area (Å²) in [6.07, 6.45) is 11.6. The molecule has 6 nitrogen and oxygen atoms in total. The highest BCUT2D eigenvalue weighted by atomic mass is 32.2. The Kier molecular flexibility index (Phi) is 6.75. The molecule has 7 heteroatoms. The third kappa shape index (κ3) is 5.08. The molecule has 2 fully saturated rings. The molecule has 1 saturated heterocycles. The Morgan fingerprint density at radius 1 is 1.15 bits per heavy atom. The van der Waals surface area contributed by atoms with Gasteiger partial charge in [0.05, 0.1) is 18.5 Å². The molecule has 2 aliphatic rings. The van der Waals surface area contributed by atoms with Crippen molar-refractivity contribution in [2.24, 2.45) is 11.8 Å².